The second-order valence-electron chi connectivity index (χ2n) is 4.77. The maximum Gasteiger partial charge on any atom is 0.141 e. The van der Waals surface area contributed by atoms with Gasteiger partial charge in [0.1, 0.15) is 5.82 Å². The Bertz CT molecular complexity index is 402. The van der Waals surface area contributed by atoms with Crippen molar-refractivity contribution in [3.63, 3.8) is 0 Å². The van der Waals surface area contributed by atoms with Crippen LogP contribution < -0.4 is 5.32 Å². The molecule has 17 heavy (non-hydrogen) atoms. The summed E-state index contributed by atoms with van der Waals surface area (Å²) >= 11 is 5.77. The molecule has 2 unspecified atom stereocenters. The SMILES string of the molecule is CCC1(C)COC(c2ccc(F)c(Cl)c2)CN1. The highest BCUT2D eigenvalue weighted by molar-refractivity contribution is 6.30. The van der Waals surface area contributed by atoms with E-state index in [0.29, 0.717) is 6.61 Å². The monoisotopic (exact) mass is 257 g/mol. The molecule has 1 aromatic rings. The van der Waals surface area contributed by atoms with E-state index in [0.717, 1.165) is 18.5 Å². The van der Waals surface area contributed by atoms with Gasteiger partial charge in [-0.05, 0) is 31.0 Å². The predicted octanol–water partition coefficient (Wildman–Crippen LogP) is 3.31. The normalized spacial score (nSPS) is 29.3. The van der Waals surface area contributed by atoms with Crippen LogP contribution in [0, 0.1) is 5.82 Å². The van der Waals surface area contributed by atoms with Gasteiger partial charge in [-0.25, -0.2) is 4.39 Å². The molecule has 0 spiro atoms. The average Bonchev–Trinajstić information content (AvgIpc) is 2.34. The summed E-state index contributed by atoms with van der Waals surface area (Å²) in [4.78, 5) is 0. The van der Waals surface area contributed by atoms with Gasteiger partial charge in [0.25, 0.3) is 0 Å². The van der Waals surface area contributed by atoms with Crippen molar-refractivity contribution >= 4 is 11.6 Å². The van der Waals surface area contributed by atoms with Crippen molar-refractivity contribution in [3.8, 4) is 0 Å². The Morgan fingerprint density at radius 3 is 2.88 bits per heavy atom. The topological polar surface area (TPSA) is 21.3 Å². The van der Waals surface area contributed by atoms with Gasteiger partial charge in [-0.15, -0.1) is 0 Å². The summed E-state index contributed by atoms with van der Waals surface area (Å²) in [7, 11) is 0. The molecule has 0 radical (unpaired) electrons. The van der Waals surface area contributed by atoms with E-state index in [1.807, 2.05) is 0 Å². The molecule has 1 aliphatic heterocycles. The summed E-state index contributed by atoms with van der Waals surface area (Å²) in [6, 6.07) is 4.74. The summed E-state index contributed by atoms with van der Waals surface area (Å²) in [5.74, 6) is -0.391. The molecule has 2 atom stereocenters. The Labute approximate surface area is 106 Å². The van der Waals surface area contributed by atoms with Crippen LogP contribution in [-0.2, 0) is 4.74 Å². The van der Waals surface area contributed by atoms with Crippen LogP contribution in [0.1, 0.15) is 31.9 Å². The highest BCUT2D eigenvalue weighted by Gasteiger charge is 2.30. The standard InChI is InChI=1S/C13H17ClFNO/c1-3-13(2)8-17-12(7-16-13)9-4-5-11(15)10(14)6-9/h4-6,12,16H,3,7-8H2,1-2H3. The predicted molar refractivity (Wildman–Crippen MR) is 66.8 cm³/mol. The summed E-state index contributed by atoms with van der Waals surface area (Å²) in [5, 5.41) is 3.61. The largest absolute Gasteiger partial charge is 0.370 e. The smallest absolute Gasteiger partial charge is 0.141 e. The van der Waals surface area contributed by atoms with Crippen molar-refractivity contribution in [3.05, 3.63) is 34.6 Å². The molecule has 0 saturated carbocycles. The lowest BCUT2D eigenvalue weighted by atomic mass is 9.96. The Morgan fingerprint density at radius 2 is 2.35 bits per heavy atom. The molecular weight excluding hydrogens is 241 g/mol. The summed E-state index contributed by atoms with van der Waals surface area (Å²) in [6.07, 6.45) is 0.969. The van der Waals surface area contributed by atoms with Gasteiger partial charge in [0.2, 0.25) is 0 Å². The molecule has 4 heteroatoms. The van der Waals surface area contributed by atoms with Gasteiger partial charge < -0.3 is 10.1 Å². The molecule has 0 aliphatic carbocycles. The summed E-state index contributed by atoms with van der Waals surface area (Å²) < 4.78 is 18.9. The summed E-state index contributed by atoms with van der Waals surface area (Å²) in [5.41, 5.74) is 0.961. The number of morpholine rings is 1. The molecule has 1 heterocycles. The fourth-order valence-electron chi connectivity index (χ4n) is 1.89. The van der Waals surface area contributed by atoms with Crippen molar-refractivity contribution < 1.29 is 9.13 Å². The minimum absolute atomic E-state index is 0.0420. The maximum absolute atomic E-state index is 13.1. The van der Waals surface area contributed by atoms with Gasteiger partial charge in [-0.2, -0.15) is 0 Å². The first-order valence-corrected chi connectivity index (χ1v) is 6.23. The lowest BCUT2D eigenvalue weighted by molar-refractivity contribution is -0.0299. The molecule has 0 amide bonds. The minimum atomic E-state index is -0.391. The molecule has 0 bridgehead atoms. The number of hydrogen-bond donors (Lipinski definition) is 1. The van der Waals surface area contributed by atoms with Crippen LogP contribution in [0.3, 0.4) is 0 Å². The van der Waals surface area contributed by atoms with E-state index in [9.17, 15) is 4.39 Å². The second kappa shape index (κ2) is 4.92. The minimum Gasteiger partial charge on any atom is -0.370 e. The van der Waals surface area contributed by atoms with Gasteiger partial charge >= 0.3 is 0 Å². The van der Waals surface area contributed by atoms with E-state index in [1.165, 1.54) is 6.07 Å². The number of hydrogen-bond acceptors (Lipinski definition) is 2. The van der Waals surface area contributed by atoms with E-state index in [1.54, 1.807) is 12.1 Å². The third-order valence-electron chi connectivity index (χ3n) is 3.41. The number of rotatable bonds is 2. The molecule has 1 fully saturated rings. The zero-order valence-electron chi connectivity index (χ0n) is 10.1. The van der Waals surface area contributed by atoms with Crippen LogP contribution in [0.4, 0.5) is 4.39 Å². The molecule has 1 N–H and O–H groups in total. The van der Waals surface area contributed by atoms with Crippen LogP contribution in [-0.4, -0.2) is 18.7 Å². The van der Waals surface area contributed by atoms with E-state index in [2.05, 4.69) is 19.2 Å². The van der Waals surface area contributed by atoms with Crippen molar-refractivity contribution in [2.45, 2.75) is 31.9 Å². The van der Waals surface area contributed by atoms with Gasteiger partial charge in [-0.3, -0.25) is 0 Å². The van der Waals surface area contributed by atoms with Crippen molar-refractivity contribution in [1.29, 1.82) is 0 Å². The fourth-order valence-corrected chi connectivity index (χ4v) is 2.08. The lowest BCUT2D eigenvalue weighted by Crippen LogP contribution is -2.52. The zero-order chi connectivity index (χ0) is 12.5. The molecule has 0 aromatic heterocycles. The highest BCUT2D eigenvalue weighted by atomic mass is 35.5. The Morgan fingerprint density at radius 1 is 1.59 bits per heavy atom. The molecule has 2 rings (SSSR count). The average molecular weight is 258 g/mol. The van der Waals surface area contributed by atoms with Crippen molar-refractivity contribution in [2.24, 2.45) is 0 Å². The van der Waals surface area contributed by atoms with E-state index >= 15 is 0 Å². The van der Waals surface area contributed by atoms with Gasteiger partial charge in [0.15, 0.2) is 0 Å². The van der Waals surface area contributed by atoms with Crippen molar-refractivity contribution in [1.82, 2.24) is 5.32 Å². The quantitative estimate of drug-likeness (QED) is 0.878. The molecule has 94 valence electrons. The lowest BCUT2D eigenvalue weighted by Gasteiger charge is -2.38. The van der Waals surface area contributed by atoms with Crippen molar-refractivity contribution in [2.75, 3.05) is 13.2 Å². The first kappa shape index (κ1) is 12.8. The van der Waals surface area contributed by atoms with E-state index < -0.39 is 5.82 Å². The number of benzene rings is 1. The van der Waals surface area contributed by atoms with E-state index in [-0.39, 0.29) is 16.7 Å². The fraction of sp³-hybridized carbons (Fsp3) is 0.538. The van der Waals surface area contributed by atoms with Gasteiger partial charge in [0.05, 0.1) is 17.7 Å². The van der Waals surface area contributed by atoms with E-state index in [4.69, 9.17) is 16.3 Å². The molecule has 1 aliphatic rings. The van der Waals surface area contributed by atoms with Crippen LogP contribution in [0.2, 0.25) is 5.02 Å². The van der Waals surface area contributed by atoms with Crippen LogP contribution in [0.25, 0.3) is 0 Å². The van der Waals surface area contributed by atoms with Crippen LogP contribution in [0.5, 0.6) is 0 Å². The maximum atomic E-state index is 13.1. The Hall–Kier alpha value is -0.640. The third kappa shape index (κ3) is 2.79. The number of ether oxygens (including phenoxy) is 1. The summed E-state index contributed by atoms with van der Waals surface area (Å²) in [6.45, 7) is 5.65. The van der Waals surface area contributed by atoms with Gasteiger partial charge in [-0.1, -0.05) is 24.6 Å². The zero-order valence-corrected chi connectivity index (χ0v) is 10.9. The number of halogens is 2. The first-order valence-electron chi connectivity index (χ1n) is 5.86. The molecule has 1 aromatic carbocycles. The van der Waals surface area contributed by atoms with Gasteiger partial charge in [0, 0.05) is 12.1 Å². The number of nitrogens with one attached hydrogen (secondary N) is 1. The molecule has 1 saturated heterocycles. The third-order valence-corrected chi connectivity index (χ3v) is 3.70. The molecular formula is C13H17ClFNO. The van der Waals surface area contributed by atoms with Crippen LogP contribution in [0.15, 0.2) is 18.2 Å². The van der Waals surface area contributed by atoms with Crippen LogP contribution >= 0.6 is 11.6 Å². The first-order chi connectivity index (χ1) is 8.04. The molecule has 2 nitrogen and oxygen atoms in total. The highest BCUT2D eigenvalue weighted by Crippen LogP contribution is 2.27. The second-order valence-corrected chi connectivity index (χ2v) is 5.18. The Balaban J connectivity index is 2.08. The Kier molecular flexibility index (Phi) is 3.71.